The van der Waals surface area contributed by atoms with Gasteiger partial charge < -0.3 is 14.6 Å². The number of hydrogen-bond donors (Lipinski definition) is 1. The number of aryl methyl sites for hydroxylation is 1. The number of hydrogen-bond acceptors (Lipinski definition) is 2. The number of halogens is 1. The fourth-order valence-corrected chi connectivity index (χ4v) is 4.54. The average Bonchev–Trinajstić information content (AvgIpc) is 2.85. The lowest BCUT2D eigenvalue weighted by molar-refractivity contribution is -0.172. The smallest absolute Gasteiger partial charge is 0.235 e. The summed E-state index contributed by atoms with van der Waals surface area (Å²) in [5.41, 5.74) is 1.46. The molecule has 5 heteroatoms. The molecule has 2 fully saturated rings. The molecular weight excluding hydrogens is 324 g/mol. The van der Waals surface area contributed by atoms with E-state index >= 15 is 0 Å². The van der Waals surface area contributed by atoms with Gasteiger partial charge in [-0.25, -0.2) is 0 Å². The van der Waals surface area contributed by atoms with Gasteiger partial charge in [0.25, 0.3) is 0 Å². The van der Waals surface area contributed by atoms with Crippen LogP contribution >= 0.6 is 11.6 Å². The van der Waals surface area contributed by atoms with E-state index in [0.717, 1.165) is 29.4 Å². The van der Waals surface area contributed by atoms with Crippen LogP contribution in [0.5, 0.6) is 0 Å². The van der Waals surface area contributed by atoms with Gasteiger partial charge in [0.15, 0.2) is 0 Å². The lowest BCUT2D eigenvalue weighted by Gasteiger charge is -2.47. The van der Waals surface area contributed by atoms with Gasteiger partial charge in [-0.3, -0.25) is 4.79 Å². The zero-order valence-electron chi connectivity index (χ0n) is 14.0. The molecule has 0 radical (unpaired) electrons. The van der Waals surface area contributed by atoms with Crippen LogP contribution in [0.3, 0.4) is 0 Å². The molecule has 1 aromatic heterocycles. The Bertz CT molecular complexity index is 773. The molecule has 4 nitrogen and oxygen atoms in total. The minimum absolute atomic E-state index is 0.0908. The Balaban J connectivity index is 1.64. The van der Waals surface area contributed by atoms with E-state index in [1.807, 2.05) is 36.0 Å². The Morgan fingerprint density at radius 1 is 1.29 bits per heavy atom. The van der Waals surface area contributed by atoms with Gasteiger partial charge in [0.1, 0.15) is 0 Å². The molecule has 1 amide bonds. The van der Waals surface area contributed by atoms with Gasteiger partial charge in [-0.2, -0.15) is 0 Å². The normalized spacial score (nSPS) is 20.8. The summed E-state index contributed by atoms with van der Waals surface area (Å²) in [6.45, 7) is 1.09. The van der Waals surface area contributed by atoms with E-state index in [1.54, 1.807) is 0 Å². The van der Waals surface area contributed by atoms with E-state index < -0.39 is 0 Å². The number of amides is 1. The van der Waals surface area contributed by atoms with Crippen molar-refractivity contribution in [2.75, 3.05) is 18.5 Å². The van der Waals surface area contributed by atoms with Crippen LogP contribution in [0.2, 0.25) is 5.02 Å². The minimum Gasteiger partial charge on any atom is -0.379 e. The van der Waals surface area contributed by atoms with Crippen LogP contribution in [-0.4, -0.2) is 23.7 Å². The minimum atomic E-state index is -0.357. The van der Waals surface area contributed by atoms with Crippen molar-refractivity contribution in [3.63, 3.8) is 0 Å². The second-order valence-electron chi connectivity index (χ2n) is 7.23. The van der Waals surface area contributed by atoms with Crippen molar-refractivity contribution in [2.45, 2.75) is 32.1 Å². The summed E-state index contributed by atoms with van der Waals surface area (Å²) < 4.78 is 7.48. The number of aromatic nitrogens is 1. The molecule has 2 aliphatic rings. The van der Waals surface area contributed by atoms with Gasteiger partial charge in [-0.05, 0) is 30.9 Å². The topological polar surface area (TPSA) is 43.3 Å². The summed E-state index contributed by atoms with van der Waals surface area (Å²) in [5.74, 6) is 0.526. The summed E-state index contributed by atoms with van der Waals surface area (Å²) in [6, 6.07) is 5.81. The Morgan fingerprint density at radius 2 is 2.04 bits per heavy atom. The number of nitrogens with zero attached hydrogens (tertiary/aromatic N) is 1. The van der Waals surface area contributed by atoms with Gasteiger partial charge in [-0.1, -0.05) is 36.9 Å². The number of fused-ring (bicyclic) bond motifs is 1. The van der Waals surface area contributed by atoms with Crippen LogP contribution in [0, 0.1) is 11.3 Å². The summed E-state index contributed by atoms with van der Waals surface area (Å²) in [5, 5.41) is 4.74. The Kier molecular flexibility index (Phi) is 4.05. The van der Waals surface area contributed by atoms with Gasteiger partial charge in [0.2, 0.25) is 5.91 Å². The molecule has 1 saturated heterocycles. The monoisotopic (exact) mass is 346 g/mol. The first-order valence-electron chi connectivity index (χ1n) is 8.74. The highest BCUT2D eigenvalue weighted by molar-refractivity contribution is 6.36. The van der Waals surface area contributed by atoms with Crippen molar-refractivity contribution in [2.24, 2.45) is 18.4 Å². The third-order valence-corrected chi connectivity index (χ3v) is 6.08. The molecule has 1 saturated carbocycles. The molecule has 128 valence electrons. The maximum atomic E-state index is 13.1. The highest BCUT2D eigenvalue weighted by Gasteiger charge is 2.51. The molecule has 1 aromatic carbocycles. The predicted octanol–water partition coefficient (Wildman–Crippen LogP) is 4.37. The molecule has 0 spiro atoms. The highest BCUT2D eigenvalue weighted by Crippen LogP contribution is 2.45. The molecule has 2 aromatic rings. The number of benzene rings is 1. The predicted molar refractivity (Wildman–Crippen MR) is 96.4 cm³/mol. The van der Waals surface area contributed by atoms with Gasteiger partial charge >= 0.3 is 0 Å². The number of carbonyl (C=O) groups excluding carboxylic acids is 1. The summed E-state index contributed by atoms with van der Waals surface area (Å²) in [7, 11) is 1.97. The van der Waals surface area contributed by atoms with Crippen molar-refractivity contribution in [3.8, 4) is 0 Å². The lowest BCUT2D eigenvalue weighted by Crippen LogP contribution is -2.56. The zero-order chi connectivity index (χ0) is 16.7. The number of nitrogens with one attached hydrogen (secondary N) is 1. The zero-order valence-corrected chi connectivity index (χ0v) is 14.7. The van der Waals surface area contributed by atoms with Crippen molar-refractivity contribution in [3.05, 3.63) is 29.4 Å². The Hall–Kier alpha value is -1.52. The fraction of sp³-hybridized carbons (Fsp3) is 0.526. The maximum Gasteiger partial charge on any atom is 0.235 e. The molecular formula is C19H23ClN2O2. The maximum absolute atomic E-state index is 13.1. The average molecular weight is 347 g/mol. The number of carbonyl (C=O) groups is 1. The van der Waals surface area contributed by atoms with Crippen LogP contribution < -0.4 is 5.32 Å². The van der Waals surface area contributed by atoms with E-state index in [4.69, 9.17) is 16.3 Å². The number of rotatable bonds is 3. The van der Waals surface area contributed by atoms with Gasteiger partial charge in [0, 0.05) is 18.6 Å². The van der Waals surface area contributed by atoms with Crippen molar-refractivity contribution in [1.82, 2.24) is 4.57 Å². The first kappa shape index (κ1) is 16.0. The van der Waals surface area contributed by atoms with Crippen LogP contribution in [0.25, 0.3) is 10.9 Å². The first-order valence-corrected chi connectivity index (χ1v) is 9.12. The molecule has 0 unspecified atom stereocenters. The summed E-state index contributed by atoms with van der Waals surface area (Å²) >= 11 is 6.38. The molecule has 1 aliphatic heterocycles. The third kappa shape index (κ3) is 2.44. The van der Waals surface area contributed by atoms with Gasteiger partial charge in [-0.15, -0.1) is 0 Å². The van der Waals surface area contributed by atoms with Gasteiger partial charge in [0.05, 0.1) is 34.9 Å². The highest BCUT2D eigenvalue weighted by atomic mass is 35.5. The third-order valence-electron chi connectivity index (χ3n) is 5.77. The van der Waals surface area contributed by atoms with Crippen LogP contribution in [0.1, 0.15) is 32.1 Å². The largest absolute Gasteiger partial charge is 0.379 e. The van der Waals surface area contributed by atoms with Crippen LogP contribution in [-0.2, 0) is 16.6 Å². The molecule has 0 atom stereocenters. The molecule has 1 aliphatic carbocycles. The van der Waals surface area contributed by atoms with E-state index in [1.165, 1.54) is 19.3 Å². The standard InChI is InChI=1S/C19H23ClN2O2/c1-22-10-15(17-14(20)8-5-9-16(17)22)21-18(23)19(11-24-12-19)13-6-3-2-4-7-13/h5,8-10,13H,2-4,6-7,11-12H2,1H3,(H,21,23). The number of anilines is 1. The second-order valence-corrected chi connectivity index (χ2v) is 7.63. The molecule has 0 bridgehead atoms. The van der Waals surface area contributed by atoms with Crippen molar-refractivity contribution >= 4 is 34.1 Å². The van der Waals surface area contributed by atoms with E-state index in [-0.39, 0.29) is 11.3 Å². The molecule has 2 heterocycles. The van der Waals surface area contributed by atoms with E-state index in [9.17, 15) is 4.79 Å². The summed E-state index contributed by atoms with van der Waals surface area (Å²) in [4.78, 5) is 13.1. The molecule has 1 N–H and O–H groups in total. The van der Waals surface area contributed by atoms with Crippen molar-refractivity contribution < 1.29 is 9.53 Å². The first-order chi connectivity index (χ1) is 11.6. The number of ether oxygens (including phenoxy) is 1. The Labute approximate surface area is 147 Å². The Morgan fingerprint density at radius 3 is 2.71 bits per heavy atom. The fourth-order valence-electron chi connectivity index (χ4n) is 4.27. The van der Waals surface area contributed by atoms with Crippen LogP contribution in [0.15, 0.2) is 24.4 Å². The van der Waals surface area contributed by atoms with E-state index in [2.05, 4.69) is 5.32 Å². The van der Waals surface area contributed by atoms with Crippen molar-refractivity contribution in [1.29, 1.82) is 0 Å². The molecule has 24 heavy (non-hydrogen) atoms. The van der Waals surface area contributed by atoms with Crippen LogP contribution in [0.4, 0.5) is 5.69 Å². The molecule has 4 rings (SSSR count). The van der Waals surface area contributed by atoms with E-state index in [0.29, 0.717) is 24.2 Å². The SMILES string of the molecule is Cn1cc(NC(=O)C2(C3CCCCC3)COC2)c2c(Cl)cccc21. The second kappa shape index (κ2) is 6.08. The summed E-state index contributed by atoms with van der Waals surface area (Å²) in [6.07, 6.45) is 7.94. The lowest BCUT2D eigenvalue weighted by atomic mass is 9.66. The quantitative estimate of drug-likeness (QED) is 0.896.